The van der Waals surface area contributed by atoms with Crippen molar-refractivity contribution in [3.05, 3.63) is 29.3 Å². The molecule has 88 valence electrons. The first-order valence-electron chi connectivity index (χ1n) is 4.80. The molecule has 1 saturated heterocycles. The molecule has 0 aromatic carbocycles. The van der Waals surface area contributed by atoms with E-state index >= 15 is 0 Å². The molecule has 6 heteroatoms. The van der Waals surface area contributed by atoms with Gasteiger partial charge in [0, 0.05) is 0 Å². The third-order valence-electron chi connectivity index (χ3n) is 2.16. The lowest BCUT2D eigenvalue weighted by atomic mass is 10.0. The molecule has 1 aromatic heterocycles. The van der Waals surface area contributed by atoms with Crippen molar-refractivity contribution in [2.24, 2.45) is 5.16 Å². The lowest BCUT2D eigenvalue weighted by Crippen LogP contribution is -2.48. The number of aliphatic hydroxyl groups is 1. The first-order chi connectivity index (χ1) is 8.13. The maximum atomic E-state index is 13.1. The van der Waals surface area contributed by atoms with Gasteiger partial charge in [-0.2, -0.15) is 0 Å². The van der Waals surface area contributed by atoms with Crippen LogP contribution in [-0.4, -0.2) is 40.3 Å². The Morgan fingerprint density at radius 1 is 1.53 bits per heavy atom. The SMILES string of the molecule is O/N=C\c1nc(C#CC2(O)COC2)ccc1F. The van der Waals surface area contributed by atoms with Gasteiger partial charge in [-0.05, 0) is 18.1 Å². The topological polar surface area (TPSA) is 74.9 Å². The predicted octanol–water partition coefficient (Wildman–Crippen LogP) is 0.142. The van der Waals surface area contributed by atoms with E-state index < -0.39 is 11.4 Å². The molecule has 0 atom stereocenters. The Bertz CT molecular complexity index is 515. The molecule has 0 spiro atoms. The van der Waals surface area contributed by atoms with Crippen molar-refractivity contribution in [1.82, 2.24) is 4.98 Å². The van der Waals surface area contributed by atoms with E-state index in [0.29, 0.717) is 0 Å². The zero-order chi connectivity index (χ0) is 12.3. The molecule has 2 N–H and O–H groups in total. The van der Waals surface area contributed by atoms with Gasteiger partial charge in [-0.25, -0.2) is 9.37 Å². The summed E-state index contributed by atoms with van der Waals surface area (Å²) in [5, 5.41) is 20.6. The Labute approximate surface area is 96.6 Å². The van der Waals surface area contributed by atoms with Crippen molar-refractivity contribution in [3.63, 3.8) is 0 Å². The average molecular weight is 236 g/mol. The van der Waals surface area contributed by atoms with Gasteiger partial charge in [-0.15, -0.1) is 0 Å². The van der Waals surface area contributed by atoms with Crippen LogP contribution in [0.4, 0.5) is 4.39 Å². The van der Waals surface area contributed by atoms with Gasteiger partial charge in [0.2, 0.25) is 0 Å². The summed E-state index contributed by atoms with van der Waals surface area (Å²) in [5.74, 6) is 4.59. The summed E-state index contributed by atoms with van der Waals surface area (Å²) >= 11 is 0. The number of hydrogen-bond donors (Lipinski definition) is 2. The molecule has 0 saturated carbocycles. The molecule has 1 aromatic rings. The summed E-state index contributed by atoms with van der Waals surface area (Å²) in [6.45, 7) is 0.318. The van der Waals surface area contributed by atoms with Gasteiger partial charge >= 0.3 is 0 Å². The molecule has 0 unspecified atom stereocenters. The van der Waals surface area contributed by atoms with Crippen LogP contribution in [-0.2, 0) is 4.74 Å². The van der Waals surface area contributed by atoms with Gasteiger partial charge in [-0.1, -0.05) is 11.1 Å². The minimum Gasteiger partial charge on any atom is -0.411 e. The molecular weight excluding hydrogens is 227 g/mol. The highest BCUT2D eigenvalue weighted by atomic mass is 19.1. The van der Waals surface area contributed by atoms with Crippen molar-refractivity contribution >= 4 is 6.21 Å². The molecule has 0 aliphatic carbocycles. The second-order valence-corrected chi connectivity index (χ2v) is 3.58. The molecule has 0 amide bonds. The number of ether oxygens (including phenoxy) is 1. The van der Waals surface area contributed by atoms with Crippen LogP contribution in [0.2, 0.25) is 0 Å². The molecule has 1 fully saturated rings. The number of aromatic nitrogens is 1. The monoisotopic (exact) mass is 236 g/mol. The van der Waals surface area contributed by atoms with Crippen LogP contribution in [0.1, 0.15) is 11.4 Å². The first kappa shape index (κ1) is 11.5. The molecule has 1 aliphatic heterocycles. The zero-order valence-electron chi connectivity index (χ0n) is 8.72. The predicted molar refractivity (Wildman–Crippen MR) is 56.2 cm³/mol. The highest BCUT2D eigenvalue weighted by Gasteiger charge is 2.33. The van der Waals surface area contributed by atoms with E-state index in [4.69, 9.17) is 9.94 Å². The quantitative estimate of drug-likeness (QED) is 0.315. The van der Waals surface area contributed by atoms with Crippen LogP contribution < -0.4 is 0 Å². The molecule has 0 radical (unpaired) electrons. The van der Waals surface area contributed by atoms with E-state index in [9.17, 15) is 9.50 Å². The lowest BCUT2D eigenvalue weighted by molar-refractivity contribution is -0.140. The number of rotatable bonds is 1. The van der Waals surface area contributed by atoms with E-state index in [0.717, 1.165) is 12.3 Å². The molecule has 1 aliphatic rings. The van der Waals surface area contributed by atoms with E-state index in [2.05, 4.69) is 22.0 Å². The Hall–Kier alpha value is -1.97. The zero-order valence-corrected chi connectivity index (χ0v) is 8.72. The van der Waals surface area contributed by atoms with Gasteiger partial charge in [-0.3, -0.25) is 0 Å². The number of hydrogen-bond acceptors (Lipinski definition) is 5. The Morgan fingerprint density at radius 3 is 2.88 bits per heavy atom. The third kappa shape index (κ3) is 2.58. The second kappa shape index (κ2) is 4.49. The lowest BCUT2D eigenvalue weighted by Gasteiger charge is -2.30. The van der Waals surface area contributed by atoms with Crippen molar-refractivity contribution in [3.8, 4) is 11.8 Å². The minimum absolute atomic E-state index is 0.115. The van der Waals surface area contributed by atoms with Crippen molar-refractivity contribution in [2.75, 3.05) is 13.2 Å². The molecule has 17 heavy (non-hydrogen) atoms. The Morgan fingerprint density at radius 2 is 2.29 bits per heavy atom. The Kier molecular flexibility index (Phi) is 3.04. The summed E-state index contributed by atoms with van der Waals surface area (Å²) in [5.41, 5.74) is -0.973. The number of pyridine rings is 1. The fourth-order valence-corrected chi connectivity index (χ4v) is 1.22. The second-order valence-electron chi connectivity index (χ2n) is 3.58. The fraction of sp³-hybridized carbons (Fsp3) is 0.273. The van der Waals surface area contributed by atoms with E-state index in [-0.39, 0.29) is 24.6 Å². The number of nitrogens with zero attached hydrogens (tertiary/aromatic N) is 2. The molecule has 5 nitrogen and oxygen atoms in total. The number of halogens is 1. The van der Waals surface area contributed by atoms with Gasteiger partial charge in [0.25, 0.3) is 0 Å². The van der Waals surface area contributed by atoms with Crippen molar-refractivity contribution in [1.29, 1.82) is 0 Å². The largest absolute Gasteiger partial charge is 0.411 e. The molecule has 0 bridgehead atoms. The highest BCUT2D eigenvalue weighted by molar-refractivity contribution is 5.76. The molecule has 2 rings (SSSR count). The van der Waals surface area contributed by atoms with Crippen LogP contribution in [0, 0.1) is 17.7 Å². The highest BCUT2D eigenvalue weighted by Crippen LogP contribution is 2.14. The maximum absolute atomic E-state index is 13.1. The standard InChI is InChI=1S/C11H9FN2O3/c12-9-2-1-8(14-10(9)5-13-16)3-4-11(15)6-17-7-11/h1-2,5,15-16H,6-7H2/b13-5-. The summed E-state index contributed by atoms with van der Waals surface area (Å²) in [7, 11) is 0. The van der Waals surface area contributed by atoms with Crippen LogP contribution >= 0.6 is 0 Å². The Balaban J connectivity index is 2.24. The van der Waals surface area contributed by atoms with Gasteiger partial charge in [0.15, 0.2) is 11.4 Å². The van der Waals surface area contributed by atoms with Gasteiger partial charge in [0.05, 0.1) is 19.4 Å². The van der Waals surface area contributed by atoms with Crippen LogP contribution in [0.3, 0.4) is 0 Å². The smallest absolute Gasteiger partial charge is 0.172 e. The summed E-state index contributed by atoms with van der Waals surface area (Å²) < 4.78 is 17.9. The third-order valence-corrected chi connectivity index (χ3v) is 2.16. The summed E-state index contributed by atoms with van der Waals surface area (Å²) in [6, 6.07) is 2.54. The van der Waals surface area contributed by atoms with Crippen LogP contribution in [0.5, 0.6) is 0 Å². The number of oxime groups is 1. The van der Waals surface area contributed by atoms with Crippen LogP contribution in [0.15, 0.2) is 17.3 Å². The minimum atomic E-state index is -1.14. The van der Waals surface area contributed by atoms with Crippen LogP contribution in [0.25, 0.3) is 0 Å². The van der Waals surface area contributed by atoms with Gasteiger partial charge < -0.3 is 15.1 Å². The summed E-state index contributed by atoms with van der Waals surface area (Å²) in [4.78, 5) is 3.81. The van der Waals surface area contributed by atoms with Crippen molar-refractivity contribution in [2.45, 2.75) is 5.60 Å². The van der Waals surface area contributed by atoms with E-state index in [1.165, 1.54) is 6.07 Å². The summed E-state index contributed by atoms with van der Waals surface area (Å²) in [6.07, 6.45) is 0.877. The van der Waals surface area contributed by atoms with Crippen molar-refractivity contribution < 1.29 is 19.4 Å². The first-order valence-corrected chi connectivity index (χ1v) is 4.80. The average Bonchev–Trinajstić information content (AvgIpc) is 2.28. The van der Waals surface area contributed by atoms with E-state index in [1.54, 1.807) is 0 Å². The van der Waals surface area contributed by atoms with Gasteiger partial charge in [0.1, 0.15) is 11.4 Å². The molecular formula is C11H9FN2O3. The maximum Gasteiger partial charge on any atom is 0.172 e. The normalized spacial score (nSPS) is 17.3. The molecule has 2 heterocycles. The fourth-order valence-electron chi connectivity index (χ4n) is 1.22. The van der Waals surface area contributed by atoms with E-state index in [1.807, 2.05) is 0 Å².